The number of hydrogen-bond donors (Lipinski definition) is 0. The van der Waals surface area contributed by atoms with Crippen molar-refractivity contribution in [1.82, 2.24) is 9.78 Å². The Balaban J connectivity index is 2.01. The molecule has 1 aromatic heterocycles. The van der Waals surface area contributed by atoms with Crippen molar-refractivity contribution in [1.29, 1.82) is 0 Å². The number of fused-ring (bicyclic) bond motifs is 1. The summed E-state index contributed by atoms with van der Waals surface area (Å²) in [5.41, 5.74) is -0.751. The maximum Gasteiger partial charge on any atom is 0.416 e. The number of amides is 1. The van der Waals surface area contributed by atoms with Crippen LogP contribution >= 0.6 is 34.8 Å². The predicted molar refractivity (Wildman–Crippen MR) is 110 cm³/mol. The molecule has 0 saturated heterocycles. The Kier molecular flexibility index (Phi) is 5.97. The average molecular weight is 483 g/mol. The number of aryl methyl sites for hydroxylation is 1. The van der Waals surface area contributed by atoms with Crippen molar-refractivity contribution < 1.29 is 22.1 Å². The molecule has 1 amide bonds. The van der Waals surface area contributed by atoms with Crippen LogP contribution in [0.1, 0.15) is 27.2 Å². The van der Waals surface area contributed by atoms with E-state index in [9.17, 15) is 13.2 Å². The summed E-state index contributed by atoms with van der Waals surface area (Å²) in [6, 6.07) is 2.61. The van der Waals surface area contributed by atoms with Gasteiger partial charge in [0.15, 0.2) is 16.5 Å². The first kappa shape index (κ1) is 22.0. The van der Waals surface area contributed by atoms with Gasteiger partial charge in [-0.15, -0.1) is 0 Å². The molecule has 0 spiro atoms. The van der Waals surface area contributed by atoms with E-state index in [0.29, 0.717) is 13.0 Å². The minimum Gasteiger partial charge on any atom is -0.443 e. The highest BCUT2D eigenvalue weighted by Gasteiger charge is 2.36. The zero-order chi connectivity index (χ0) is 21.6. The van der Waals surface area contributed by atoms with Crippen LogP contribution in [0, 0.1) is 0 Å². The van der Waals surface area contributed by atoms with Gasteiger partial charge in [-0.05, 0) is 39.3 Å². The summed E-state index contributed by atoms with van der Waals surface area (Å²) in [6.45, 7) is 5.87. The maximum atomic E-state index is 13.0. The fraction of sp³-hybridized carbons (Fsp3) is 0.412. The van der Waals surface area contributed by atoms with Crippen molar-refractivity contribution in [3.8, 4) is 5.75 Å². The number of hydrogen-bond acceptors (Lipinski definition) is 6. The number of aromatic nitrogens is 2. The zero-order valence-electron chi connectivity index (χ0n) is 15.8. The minimum atomic E-state index is -4.42. The van der Waals surface area contributed by atoms with Crippen molar-refractivity contribution in [2.45, 2.75) is 44.2 Å². The predicted octanol–water partition coefficient (Wildman–Crippen LogP) is 4.76. The molecule has 0 atom stereocenters. The van der Waals surface area contributed by atoms with Gasteiger partial charge in [0.05, 0.1) is 16.2 Å². The summed E-state index contributed by atoms with van der Waals surface area (Å²) >= 11 is 17.9. The van der Waals surface area contributed by atoms with Crippen LogP contribution in [-0.4, -0.2) is 36.4 Å². The van der Waals surface area contributed by atoms with Gasteiger partial charge in [-0.25, -0.2) is 9.48 Å². The molecule has 0 saturated carbocycles. The molecule has 158 valence electrons. The Hall–Kier alpha value is -1.68. The molecule has 1 aliphatic heterocycles. The van der Waals surface area contributed by atoms with E-state index in [-0.39, 0.29) is 38.1 Å². The lowest BCUT2D eigenvalue weighted by Gasteiger charge is -2.30. The second-order valence-electron chi connectivity index (χ2n) is 7.28. The zero-order valence-corrected chi connectivity index (χ0v) is 18.9. The number of rotatable bonds is 3. The lowest BCUT2D eigenvalue weighted by molar-refractivity contribution is 0.0571. The van der Waals surface area contributed by atoms with Crippen LogP contribution in [0.15, 0.2) is 23.2 Å². The smallest absolute Gasteiger partial charge is 0.416 e. The highest BCUT2D eigenvalue weighted by Crippen LogP contribution is 2.39. The maximum absolute atomic E-state index is 13.0. The molecule has 2 heterocycles. The largest absolute Gasteiger partial charge is 0.443 e. The van der Waals surface area contributed by atoms with Crippen LogP contribution in [0.25, 0.3) is 0 Å². The van der Waals surface area contributed by atoms with Gasteiger partial charge in [0.2, 0.25) is 0 Å². The molecule has 1 aliphatic rings. The highest BCUT2D eigenvalue weighted by molar-refractivity contribution is 7.87. The third kappa shape index (κ3) is 4.74. The van der Waals surface area contributed by atoms with Gasteiger partial charge < -0.3 is 8.92 Å². The van der Waals surface area contributed by atoms with Gasteiger partial charge in [0.25, 0.3) is 0 Å². The first-order chi connectivity index (χ1) is 13.4. The van der Waals surface area contributed by atoms with Gasteiger partial charge in [0.1, 0.15) is 5.60 Å². The van der Waals surface area contributed by atoms with Crippen LogP contribution in [0.2, 0.25) is 15.1 Å². The SMILES string of the molecule is CC(C)(C)OC(=O)N1CCCn2ncc(S(=O)(=O)Oc3c(Cl)cc(Cl)cc3Cl)c21. The Morgan fingerprint density at radius 3 is 2.34 bits per heavy atom. The van der Waals surface area contributed by atoms with E-state index in [2.05, 4.69) is 5.10 Å². The Bertz CT molecular complexity index is 1040. The van der Waals surface area contributed by atoms with E-state index in [1.165, 1.54) is 21.7 Å². The standard InChI is InChI=1S/C17H18Cl3N3O5S/c1-17(2,3)27-16(24)22-5-4-6-23-15(22)13(9-21-23)29(25,26)28-14-11(19)7-10(18)8-12(14)20/h7-9H,4-6H2,1-3H3. The van der Waals surface area contributed by atoms with Crippen molar-refractivity contribution >= 4 is 56.8 Å². The third-order valence-corrected chi connectivity index (χ3v) is 5.82. The van der Waals surface area contributed by atoms with Crippen molar-refractivity contribution in [2.75, 3.05) is 11.4 Å². The molecule has 29 heavy (non-hydrogen) atoms. The van der Waals surface area contributed by atoms with Crippen molar-refractivity contribution in [2.24, 2.45) is 0 Å². The molecule has 3 rings (SSSR count). The van der Waals surface area contributed by atoms with Gasteiger partial charge in [0, 0.05) is 18.1 Å². The lowest BCUT2D eigenvalue weighted by atomic mass is 10.2. The molecule has 12 heteroatoms. The van der Waals surface area contributed by atoms with Crippen LogP contribution in [-0.2, 0) is 21.4 Å². The average Bonchev–Trinajstić information content (AvgIpc) is 3.01. The van der Waals surface area contributed by atoms with Gasteiger partial charge >= 0.3 is 16.2 Å². The fourth-order valence-electron chi connectivity index (χ4n) is 2.72. The molecule has 0 radical (unpaired) electrons. The number of carbonyl (C=O) groups is 1. The van der Waals surface area contributed by atoms with E-state index in [0.717, 1.165) is 6.20 Å². The summed E-state index contributed by atoms with van der Waals surface area (Å²) in [4.78, 5) is 13.6. The van der Waals surface area contributed by atoms with E-state index in [1.54, 1.807) is 20.8 Å². The summed E-state index contributed by atoms with van der Waals surface area (Å²) in [7, 11) is -4.42. The molecule has 1 aromatic carbocycles. The first-order valence-electron chi connectivity index (χ1n) is 8.54. The fourth-order valence-corrected chi connectivity index (χ4v) is 4.81. The van der Waals surface area contributed by atoms with Crippen molar-refractivity contribution in [3.63, 3.8) is 0 Å². The first-order valence-corrected chi connectivity index (χ1v) is 11.1. The van der Waals surface area contributed by atoms with E-state index in [1.807, 2.05) is 0 Å². The molecule has 0 bridgehead atoms. The van der Waals surface area contributed by atoms with E-state index in [4.69, 9.17) is 43.7 Å². The molecule has 0 aliphatic carbocycles. The van der Waals surface area contributed by atoms with Crippen LogP contribution in [0.3, 0.4) is 0 Å². The second kappa shape index (κ2) is 7.86. The van der Waals surface area contributed by atoms with Gasteiger partial charge in [-0.3, -0.25) is 4.90 Å². The van der Waals surface area contributed by atoms with E-state index < -0.39 is 21.8 Å². The molecular formula is C17H18Cl3N3O5S. The monoisotopic (exact) mass is 481 g/mol. The highest BCUT2D eigenvalue weighted by atomic mass is 35.5. The minimum absolute atomic E-state index is 0.0618. The molecule has 2 aromatic rings. The number of ether oxygens (including phenoxy) is 1. The summed E-state index contributed by atoms with van der Waals surface area (Å²) in [5.74, 6) is -0.205. The molecule has 0 fully saturated rings. The summed E-state index contributed by atoms with van der Waals surface area (Å²) < 4.78 is 37.9. The second-order valence-corrected chi connectivity index (χ2v) is 10.0. The molecule has 0 unspecified atom stereocenters. The van der Waals surface area contributed by atoms with Gasteiger partial charge in [-0.1, -0.05) is 34.8 Å². The van der Waals surface area contributed by atoms with E-state index >= 15 is 0 Å². The Labute approximate surface area is 183 Å². The van der Waals surface area contributed by atoms with Crippen molar-refractivity contribution in [3.05, 3.63) is 33.4 Å². The lowest BCUT2D eigenvalue weighted by Crippen LogP contribution is -2.42. The quantitative estimate of drug-likeness (QED) is 0.586. The van der Waals surface area contributed by atoms with Crippen LogP contribution in [0.5, 0.6) is 5.75 Å². The van der Waals surface area contributed by atoms with Crippen LogP contribution < -0.4 is 9.08 Å². The molecule has 8 nitrogen and oxygen atoms in total. The normalized spacial score (nSPS) is 14.5. The van der Waals surface area contributed by atoms with Crippen LogP contribution in [0.4, 0.5) is 10.6 Å². The number of anilines is 1. The Morgan fingerprint density at radius 2 is 1.76 bits per heavy atom. The topological polar surface area (TPSA) is 90.7 Å². The summed E-state index contributed by atoms with van der Waals surface area (Å²) in [6.07, 6.45) is 1.02. The molecular weight excluding hydrogens is 465 g/mol. The number of halogens is 3. The van der Waals surface area contributed by atoms with Gasteiger partial charge in [-0.2, -0.15) is 13.5 Å². The Morgan fingerprint density at radius 1 is 1.14 bits per heavy atom. The molecule has 0 N–H and O–H groups in total. The number of benzene rings is 1. The number of nitrogens with zero attached hydrogens (tertiary/aromatic N) is 3. The third-order valence-electron chi connectivity index (χ3n) is 3.83. The summed E-state index contributed by atoms with van der Waals surface area (Å²) in [5, 5.41) is 4.15. The number of carbonyl (C=O) groups excluding carboxylic acids is 1.